The Labute approximate surface area is 138 Å². The van der Waals surface area contributed by atoms with Gasteiger partial charge in [0.15, 0.2) is 11.5 Å². The van der Waals surface area contributed by atoms with Gasteiger partial charge in [-0.3, -0.25) is 0 Å². The third-order valence-electron chi connectivity index (χ3n) is 6.43. The van der Waals surface area contributed by atoms with Crippen LogP contribution in [0.5, 0.6) is 11.5 Å². The molecule has 1 aromatic rings. The molecule has 5 unspecified atom stereocenters. The minimum absolute atomic E-state index is 0. The van der Waals surface area contributed by atoms with Crippen LogP contribution in [-0.4, -0.2) is 12.8 Å². The molecule has 22 heavy (non-hydrogen) atoms. The predicted octanol–water partition coefficient (Wildman–Crippen LogP) is 3.75. The Kier molecular flexibility index (Phi) is 3.74. The van der Waals surface area contributed by atoms with E-state index in [1.807, 2.05) is 6.07 Å². The number of ether oxygens (including phenoxy) is 2. The van der Waals surface area contributed by atoms with Gasteiger partial charge in [-0.15, -0.1) is 12.4 Å². The van der Waals surface area contributed by atoms with Crippen LogP contribution in [-0.2, 0) is 6.54 Å². The van der Waals surface area contributed by atoms with Gasteiger partial charge in [0.2, 0.25) is 6.79 Å². The fourth-order valence-corrected chi connectivity index (χ4v) is 5.60. The number of nitrogens with one attached hydrogen (secondary N) is 1. The average molecular weight is 322 g/mol. The molecule has 5 atom stereocenters. The van der Waals surface area contributed by atoms with E-state index in [4.69, 9.17) is 9.47 Å². The van der Waals surface area contributed by atoms with Crippen molar-refractivity contribution in [2.45, 2.75) is 44.7 Å². The molecule has 1 heterocycles. The quantitative estimate of drug-likeness (QED) is 0.919. The lowest BCUT2D eigenvalue weighted by atomic mass is 9.79. The topological polar surface area (TPSA) is 30.5 Å². The van der Waals surface area contributed by atoms with E-state index in [2.05, 4.69) is 17.4 Å². The molecule has 3 saturated carbocycles. The van der Waals surface area contributed by atoms with Crippen molar-refractivity contribution in [1.82, 2.24) is 5.32 Å². The van der Waals surface area contributed by atoms with Gasteiger partial charge in [-0.25, -0.2) is 0 Å². The molecule has 0 aromatic heterocycles. The SMILES string of the molecule is Cl.c1cc2c(cc1CNC1CC3CC1C1CCCC31)OCO2. The highest BCUT2D eigenvalue weighted by Crippen LogP contribution is 2.58. The second-order valence-corrected chi connectivity index (χ2v) is 7.33. The van der Waals surface area contributed by atoms with Crippen molar-refractivity contribution in [3.63, 3.8) is 0 Å². The summed E-state index contributed by atoms with van der Waals surface area (Å²) >= 11 is 0. The minimum Gasteiger partial charge on any atom is -0.454 e. The summed E-state index contributed by atoms with van der Waals surface area (Å²) in [4.78, 5) is 0. The van der Waals surface area contributed by atoms with Crippen molar-refractivity contribution in [3.8, 4) is 11.5 Å². The Balaban J connectivity index is 0.00000125. The van der Waals surface area contributed by atoms with E-state index < -0.39 is 0 Å². The lowest BCUT2D eigenvalue weighted by Gasteiger charge is -2.32. The average Bonchev–Trinajstić information content (AvgIpc) is 3.24. The van der Waals surface area contributed by atoms with Gasteiger partial charge in [0.1, 0.15) is 0 Å². The van der Waals surface area contributed by atoms with Gasteiger partial charge in [-0.05, 0) is 67.1 Å². The molecule has 3 aliphatic carbocycles. The Morgan fingerprint density at radius 2 is 1.86 bits per heavy atom. The van der Waals surface area contributed by atoms with E-state index in [-0.39, 0.29) is 12.4 Å². The molecule has 2 bridgehead atoms. The summed E-state index contributed by atoms with van der Waals surface area (Å²) in [7, 11) is 0. The van der Waals surface area contributed by atoms with E-state index in [9.17, 15) is 0 Å². The summed E-state index contributed by atoms with van der Waals surface area (Å²) in [6, 6.07) is 7.07. The number of hydrogen-bond acceptors (Lipinski definition) is 3. The summed E-state index contributed by atoms with van der Waals surface area (Å²) < 4.78 is 10.8. The van der Waals surface area contributed by atoms with Crippen LogP contribution in [0.3, 0.4) is 0 Å². The van der Waals surface area contributed by atoms with Crippen molar-refractivity contribution in [2.75, 3.05) is 6.79 Å². The first-order valence-corrected chi connectivity index (χ1v) is 8.50. The lowest BCUT2D eigenvalue weighted by Crippen LogP contribution is -2.38. The zero-order chi connectivity index (χ0) is 13.8. The molecule has 1 aliphatic heterocycles. The molecular formula is C18H24ClNO2. The number of rotatable bonds is 3. The Hall–Kier alpha value is -0.930. The number of hydrogen-bond donors (Lipinski definition) is 1. The molecule has 120 valence electrons. The number of fused-ring (bicyclic) bond motifs is 6. The van der Waals surface area contributed by atoms with Gasteiger partial charge in [0, 0.05) is 12.6 Å². The molecular weight excluding hydrogens is 298 g/mol. The highest BCUT2D eigenvalue weighted by Gasteiger charge is 2.53. The normalized spacial score (nSPS) is 37.2. The minimum atomic E-state index is 0. The first-order chi connectivity index (χ1) is 10.4. The molecule has 0 radical (unpaired) electrons. The van der Waals surface area contributed by atoms with E-state index in [1.54, 1.807) is 0 Å². The van der Waals surface area contributed by atoms with Crippen LogP contribution in [0.15, 0.2) is 18.2 Å². The molecule has 3 nitrogen and oxygen atoms in total. The van der Waals surface area contributed by atoms with Gasteiger partial charge in [-0.2, -0.15) is 0 Å². The maximum Gasteiger partial charge on any atom is 0.231 e. The molecule has 1 aromatic carbocycles. The second-order valence-electron chi connectivity index (χ2n) is 7.33. The molecule has 4 heteroatoms. The van der Waals surface area contributed by atoms with E-state index in [0.717, 1.165) is 47.8 Å². The smallest absolute Gasteiger partial charge is 0.231 e. The first kappa shape index (κ1) is 14.6. The monoisotopic (exact) mass is 321 g/mol. The predicted molar refractivity (Wildman–Crippen MR) is 87.5 cm³/mol. The molecule has 0 saturated heterocycles. The van der Waals surface area contributed by atoms with Gasteiger partial charge in [0.25, 0.3) is 0 Å². The maximum absolute atomic E-state index is 5.47. The van der Waals surface area contributed by atoms with Gasteiger partial charge in [0.05, 0.1) is 0 Å². The zero-order valence-corrected chi connectivity index (χ0v) is 13.6. The molecule has 1 N–H and O–H groups in total. The first-order valence-electron chi connectivity index (χ1n) is 8.50. The number of halogens is 1. The van der Waals surface area contributed by atoms with Crippen LogP contribution < -0.4 is 14.8 Å². The summed E-state index contributed by atoms with van der Waals surface area (Å²) in [5, 5.41) is 3.84. The zero-order valence-electron chi connectivity index (χ0n) is 12.8. The van der Waals surface area contributed by atoms with Crippen LogP contribution in [0.1, 0.15) is 37.7 Å². The Morgan fingerprint density at radius 3 is 2.82 bits per heavy atom. The van der Waals surface area contributed by atoms with E-state index in [1.165, 1.54) is 37.7 Å². The highest BCUT2D eigenvalue weighted by atomic mass is 35.5. The van der Waals surface area contributed by atoms with Crippen LogP contribution in [0.25, 0.3) is 0 Å². The second kappa shape index (κ2) is 5.61. The fourth-order valence-electron chi connectivity index (χ4n) is 5.60. The van der Waals surface area contributed by atoms with Crippen LogP contribution in [0.2, 0.25) is 0 Å². The molecule has 0 spiro atoms. The summed E-state index contributed by atoms with van der Waals surface area (Å²) in [5.74, 6) is 5.88. The molecule has 3 fully saturated rings. The fraction of sp³-hybridized carbons (Fsp3) is 0.667. The maximum atomic E-state index is 5.47. The summed E-state index contributed by atoms with van der Waals surface area (Å²) in [6.07, 6.45) is 7.40. The van der Waals surface area contributed by atoms with Crippen molar-refractivity contribution in [2.24, 2.45) is 23.7 Å². The van der Waals surface area contributed by atoms with E-state index >= 15 is 0 Å². The third-order valence-corrected chi connectivity index (χ3v) is 6.43. The Morgan fingerprint density at radius 1 is 1.00 bits per heavy atom. The van der Waals surface area contributed by atoms with Gasteiger partial charge >= 0.3 is 0 Å². The van der Waals surface area contributed by atoms with Crippen LogP contribution >= 0.6 is 12.4 Å². The van der Waals surface area contributed by atoms with Crippen molar-refractivity contribution in [3.05, 3.63) is 23.8 Å². The summed E-state index contributed by atoms with van der Waals surface area (Å²) in [5.41, 5.74) is 1.31. The standard InChI is InChI=1S/C18H23NO2.ClH/c1-2-13-12-7-15(14(13)3-1)16(8-12)19-9-11-4-5-17-18(6-11)21-10-20-17;/h4-6,12-16,19H,1-3,7-10H2;1H. The van der Waals surface area contributed by atoms with E-state index in [0.29, 0.717) is 6.79 Å². The van der Waals surface area contributed by atoms with Crippen LogP contribution in [0.4, 0.5) is 0 Å². The van der Waals surface area contributed by atoms with Crippen molar-refractivity contribution >= 4 is 12.4 Å². The summed E-state index contributed by atoms with van der Waals surface area (Å²) in [6.45, 7) is 1.32. The third kappa shape index (κ3) is 2.21. The number of benzene rings is 1. The lowest BCUT2D eigenvalue weighted by molar-refractivity contribution is 0.174. The van der Waals surface area contributed by atoms with Crippen molar-refractivity contribution < 1.29 is 9.47 Å². The van der Waals surface area contributed by atoms with Crippen molar-refractivity contribution in [1.29, 1.82) is 0 Å². The van der Waals surface area contributed by atoms with Gasteiger partial charge in [-0.1, -0.05) is 12.5 Å². The molecule has 5 rings (SSSR count). The largest absolute Gasteiger partial charge is 0.454 e. The Bertz CT molecular complexity index is 564. The molecule has 0 amide bonds. The highest BCUT2D eigenvalue weighted by molar-refractivity contribution is 5.85. The van der Waals surface area contributed by atoms with Gasteiger partial charge < -0.3 is 14.8 Å². The molecule has 4 aliphatic rings. The van der Waals surface area contributed by atoms with Crippen LogP contribution in [0, 0.1) is 23.7 Å².